The average Bonchev–Trinajstić information content (AvgIpc) is 2.57. The quantitative estimate of drug-likeness (QED) is 0.770. The lowest BCUT2D eigenvalue weighted by molar-refractivity contribution is 0.410. The summed E-state index contributed by atoms with van der Waals surface area (Å²) in [5.74, 6) is -1.66. The van der Waals surface area contributed by atoms with Gasteiger partial charge in [-0.05, 0) is 12.1 Å². The minimum Gasteiger partial charge on any atom is -0.502 e. The van der Waals surface area contributed by atoms with E-state index in [1.807, 2.05) is 4.72 Å². The standard InChI is InChI=1S/C10H10N2O5S/c1-18(15,16)12-10-8(14)7(13)9(17-10)6-2-4-11-5-3-6/h2-5,12-14H,1H3. The van der Waals surface area contributed by atoms with E-state index >= 15 is 0 Å². The van der Waals surface area contributed by atoms with Gasteiger partial charge >= 0.3 is 0 Å². The number of nitrogens with one attached hydrogen (secondary N) is 1. The Bertz CT molecular complexity index is 663. The predicted molar refractivity (Wildman–Crippen MR) is 63.7 cm³/mol. The van der Waals surface area contributed by atoms with Crippen LogP contribution in [-0.4, -0.2) is 29.9 Å². The molecule has 18 heavy (non-hydrogen) atoms. The monoisotopic (exact) mass is 270 g/mol. The van der Waals surface area contributed by atoms with Crippen LogP contribution in [0.25, 0.3) is 11.3 Å². The minimum atomic E-state index is -3.61. The third-order valence-electron chi connectivity index (χ3n) is 2.08. The van der Waals surface area contributed by atoms with Crippen molar-refractivity contribution in [3.8, 4) is 22.8 Å². The number of furan rings is 1. The zero-order chi connectivity index (χ0) is 13.3. The third kappa shape index (κ3) is 2.38. The molecule has 0 amide bonds. The Balaban J connectivity index is 2.50. The number of sulfonamides is 1. The molecule has 0 radical (unpaired) electrons. The average molecular weight is 270 g/mol. The summed E-state index contributed by atoms with van der Waals surface area (Å²) in [5.41, 5.74) is 0.458. The molecule has 0 unspecified atom stereocenters. The normalized spacial score (nSPS) is 11.4. The smallest absolute Gasteiger partial charge is 0.253 e. The number of rotatable bonds is 3. The summed E-state index contributed by atoms with van der Waals surface area (Å²) in [6, 6.07) is 3.09. The van der Waals surface area contributed by atoms with Gasteiger partial charge in [-0.25, -0.2) is 8.42 Å². The summed E-state index contributed by atoms with van der Waals surface area (Å²) in [6.45, 7) is 0. The first kappa shape index (κ1) is 12.2. The summed E-state index contributed by atoms with van der Waals surface area (Å²) in [5, 5.41) is 19.2. The lowest BCUT2D eigenvalue weighted by Gasteiger charge is -1.98. The van der Waals surface area contributed by atoms with E-state index in [1.165, 1.54) is 12.4 Å². The number of hydrogen-bond acceptors (Lipinski definition) is 6. The number of anilines is 1. The maximum Gasteiger partial charge on any atom is 0.253 e. The molecule has 0 aliphatic carbocycles. The van der Waals surface area contributed by atoms with Crippen LogP contribution in [0.5, 0.6) is 11.5 Å². The number of pyridine rings is 1. The fraction of sp³-hybridized carbons (Fsp3) is 0.100. The Labute approximate surface area is 103 Å². The first-order valence-corrected chi connectivity index (χ1v) is 6.70. The van der Waals surface area contributed by atoms with Crippen molar-refractivity contribution in [3.63, 3.8) is 0 Å². The molecule has 0 aliphatic heterocycles. The topological polar surface area (TPSA) is 113 Å². The van der Waals surface area contributed by atoms with E-state index in [1.54, 1.807) is 12.1 Å². The molecule has 0 aliphatic rings. The Morgan fingerprint density at radius 1 is 1.22 bits per heavy atom. The number of aromatic hydroxyl groups is 2. The molecule has 2 heterocycles. The molecule has 0 aromatic carbocycles. The number of nitrogens with zero attached hydrogens (tertiary/aromatic N) is 1. The van der Waals surface area contributed by atoms with E-state index in [0.717, 1.165) is 6.26 Å². The summed E-state index contributed by atoms with van der Waals surface area (Å²) in [6.07, 6.45) is 3.84. The molecule has 0 saturated heterocycles. The highest BCUT2D eigenvalue weighted by atomic mass is 32.2. The fourth-order valence-corrected chi connectivity index (χ4v) is 1.83. The van der Waals surface area contributed by atoms with Crippen LogP contribution in [0.15, 0.2) is 28.9 Å². The maximum absolute atomic E-state index is 11.0. The SMILES string of the molecule is CS(=O)(=O)Nc1oc(-c2ccncc2)c(O)c1O. The van der Waals surface area contributed by atoms with Crippen LogP contribution in [0.1, 0.15) is 0 Å². The maximum atomic E-state index is 11.0. The van der Waals surface area contributed by atoms with E-state index in [0.29, 0.717) is 5.56 Å². The first-order valence-electron chi connectivity index (χ1n) is 4.81. The zero-order valence-corrected chi connectivity index (χ0v) is 10.1. The molecule has 96 valence electrons. The van der Waals surface area contributed by atoms with Gasteiger partial charge in [0.2, 0.25) is 21.5 Å². The van der Waals surface area contributed by atoms with Gasteiger partial charge in [-0.1, -0.05) is 0 Å². The van der Waals surface area contributed by atoms with Gasteiger partial charge in [0.15, 0.2) is 5.76 Å². The van der Waals surface area contributed by atoms with Crippen molar-refractivity contribution in [3.05, 3.63) is 24.5 Å². The molecular formula is C10H10N2O5S. The lowest BCUT2D eigenvalue weighted by atomic mass is 10.2. The van der Waals surface area contributed by atoms with Crippen LogP contribution >= 0.6 is 0 Å². The van der Waals surface area contributed by atoms with Crippen molar-refractivity contribution < 1.29 is 23.0 Å². The molecule has 0 saturated carbocycles. The van der Waals surface area contributed by atoms with E-state index in [4.69, 9.17) is 4.42 Å². The fourth-order valence-electron chi connectivity index (χ4n) is 1.35. The molecule has 3 N–H and O–H groups in total. The minimum absolute atomic E-state index is 0.0407. The van der Waals surface area contributed by atoms with Crippen LogP contribution in [0.2, 0.25) is 0 Å². The van der Waals surface area contributed by atoms with Gasteiger partial charge in [-0.15, -0.1) is 0 Å². The summed E-state index contributed by atoms with van der Waals surface area (Å²) in [7, 11) is -3.61. The van der Waals surface area contributed by atoms with E-state index in [-0.39, 0.29) is 5.76 Å². The Kier molecular flexibility index (Phi) is 2.87. The summed E-state index contributed by atoms with van der Waals surface area (Å²) in [4.78, 5) is 3.79. The van der Waals surface area contributed by atoms with Crippen molar-refractivity contribution in [1.29, 1.82) is 0 Å². The number of hydrogen-bond donors (Lipinski definition) is 3. The van der Waals surface area contributed by atoms with Crippen LogP contribution < -0.4 is 4.72 Å². The lowest BCUT2D eigenvalue weighted by Crippen LogP contribution is -2.08. The van der Waals surface area contributed by atoms with Crippen LogP contribution in [0.3, 0.4) is 0 Å². The molecule has 2 aromatic rings. The van der Waals surface area contributed by atoms with Crippen molar-refractivity contribution in [2.45, 2.75) is 0 Å². The van der Waals surface area contributed by atoms with Crippen molar-refractivity contribution in [1.82, 2.24) is 4.98 Å². The van der Waals surface area contributed by atoms with E-state index in [9.17, 15) is 18.6 Å². The molecule has 7 nitrogen and oxygen atoms in total. The van der Waals surface area contributed by atoms with Crippen LogP contribution in [0, 0.1) is 0 Å². The largest absolute Gasteiger partial charge is 0.502 e. The van der Waals surface area contributed by atoms with Gasteiger partial charge < -0.3 is 14.6 Å². The second-order valence-electron chi connectivity index (χ2n) is 3.57. The number of aromatic nitrogens is 1. The van der Waals surface area contributed by atoms with Gasteiger partial charge in [0.1, 0.15) is 0 Å². The van der Waals surface area contributed by atoms with Crippen molar-refractivity contribution in [2.24, 2.45) is 0 Å². The molecule has 2 aromatic heterocycles. The molecule has 0 bridgehead atoms. The molecule has 2 rings (SSSR count). The third-order valence-corrected chi connectivity index (χ3v) is 2.64. The Morgan fingerprint density at radius 3 is 2.39 bits per heavy atom. The van der Waals surface area contributed by atoms with E-state index < -0.39 is 27.4 Å². The van der Waals surface area contributed by atoms with Gasteiger partial charge in [0, 0.05) is 18.0 Å². The van der Waals surface area contributed by atoms with Gasteiger partial charge in [-0.3, -0.25) is 9.71 Å². The molecule has 0 fully saturated rings. The second kappa shape index (κ2) is 4.22. The molecular weight excluding hydrogens is 260 g/mol. The van der Waals surface area contributed by atoms with Gasteiger partial charge in [0.25, 0.3) is 5.88 Å². The summed E-state index contributed by atoms with van der Waals surface area (Å²) < 4.78 is 29.1. The van der Waals surface area contributed by atoms with Crippen molar-refractivity contribution in [2.75, 3.05) is 11.0 Å². The molecule has 0 atom stereocenters. The zero-order valence-electron chi connectivity index (χ0n) is 9.28. The second-order valence-corrected chi connectivity index (χ2v) is 5.32. The Hall–Kier alpha value is -2.22. The summed E-state index contributed by atoms with van der Waals surface area (Å²) >= 11 is 0. The highest BCUT2D eigenvalue weighted by Gasteiger charge is 2.22. The first-order chi connectivity index (χ1) is 8.38. The van der Waals surface area contributed by atoms with Crippen LogP contribution in [-0.2, 0) is 10.0 Å². The van der Waals surface area contributed by atoms with Gasteiger partial charge in [-0.2, -0.15) is 0 Å². The van der Waals surface area contributed by atoms with Crippen LogP contribution in [0.4, 0.5) is 5.88 Å². The molecule has 8 heteroatoms. The van der Waals surface area contributed by atoms with Gasteiger partial charge in [0.05, 0.1) is 6.26 Å². The van der Waals surface area contributed by atoms with E-state index in [2.05, 4.69) is 4.98 Å². The highest BCUT2D eigenvalue weighted by Crippen LogP contribution is 2.45. The molecule has 0 spiro atoms. The van der Waals surface area contributed by atoms with Crippen molar-refractivity contribution >= 4 is 15.9 Å². The highest BCUT2D eigenvalue weighted by molar-refractivity contribution is 7.92. The predicted octanol–water partition coefficient (Wildman–Crippen LogP) is 1.12. The Morgan fingerprint density at radius 2 is 1.83 bits per heavy atom.